The maximum absolute atomic E-state index is 12.8. The summed E-state index contributed by atoms with van der Waals surface area (Å²) in [6.07, 6.45) is 4.26. The van der Waals surface area contributed by atoms with Crippen LogP contribution >= 0.6 is 0 Å². The van der Waals surface area contributed by atoms with Crippen LogP contribution in [0.5, 0.6) is 5.75 Å². The number of amides is 1. The fourth-order valence-corrected chi connectivity index (χ4v) is 3.45. The zero-order chi connectivity index (χ0) is 17.8. The minimum absolute atomic E-state index is 0.0565. The van der Waals surface area contributed by atoms with Crippen molar-refractivity contribution >= 4 is 5.91 Å². The molecule has 132 valence electrons. The number of aliphatic hydroxyl groups excluding tert-OH is 1. The zero-order valence-corrected chi connectivity index (χ0v) is 14.7. The predicted octanol–water partition coefficient (Wildman–Crippen LogP) is 2.99. The van der Waals surface area contributed by atoms with E-state index in [1.807, 2.05) is 24.3 Å². The van der Waals surface area contributed by atoms with Gasteiger partial charge in [0.05, 0.1) is 18.9 Å². The van der Waals surface area contributed by atoms with Crippen LogP contribution in [0.4, 0.5) is 0 Å². The van der Waals surface area contributed by atoms with Gasteiger partial charge in [-0.3, -0.25) is 9.78 Å². The standard InChI is InChI=1S/C20H24N2O3/c1-22(13-15-6-5-8-18(15)23)20(24)14-9-10-19(25-2)16(12-14)17-7-3-4-11-21-17/h3-4,7,9-12,15,18,23H,5-6,8,13H2,1-2H3. The van der Waals surface area contributed by atoms with Crippen molar-refractivity contribution in [2.24, 2.45) is 5.92 Å². The van der Waals surface area contributed by atoms with E-state index in [4.69, 9.17) is 4.74 Å². The minimum Gasteiger partial charge on any atom is -0.496 e. The van der Waals surface area contributed by atoms with Gasteiger partial charge in [-0.15, -0.1) is 0 Å². The van der Waals surface area contributed by atoms with Crippen LogP contribution in [0.3, 0.4) is 0 Å². The smallest absolute Gasteiger partial charge is 0.253 e. The zero-order valence-electron chi connectivity index (χ0n) is 14.7. The molecule has 2 unspecified atom stereocenters. The Kier molecular flexibility index (Phi) is 5.34. The molecule has 5 heteroatoms. The third kappa shape index (κ3) is 3.82. The summed E-state index contributed by atoms with van der Waals surface area (Å²) in [7, 11) is 3.40. The minimum atomic E-state index is -0.296. The first-order valence-corrected chi connectivity index (χ1v) is 8.63. The lowest BCUT2D eigenvalue weighted by atomic mass is 10.0. The molecule has 1 saturated carbocycles. The van der Waals surface area contributed by atoms with Gasteiger partial charge in [-0.25, -0.2) is 0 Å². The molecule has 1 amide bonds. The fourth-order valence-electron chi connectivity index (χ4n) is 3.45. The number of methoxy groups -OCH3 is 1. The molecular weight excluding hydrogens is 316 g/mol. The highest BCUT2D eigenvalue weighted by molar-refractivity contribution is 5.95. The molecule has 0 spiro atoms. The van der Waals surface area contributed by atoms with Gasteiger partial charge in [-0.2, -0.15) is 0 Å². The Morgan fingerprint density at radius 3 is 2.80 bits per heavy atom. The molecule has 0 saturated heterocycles. The van der Waals surface area contributed by atoms with Gasteiger partial charge in [0.1, 0.15) is 5.75 Å². The Labute approximate surface area is 148 Å². The van der Waals surface area contributed by atoms with Gasteiger partial charge in [0.15, 0.2) is 0 Å². The summed E-state index contributed by atoms with van der Waals surface area (Å²) in [5.74, 6) is 0.797. The highest BCUT2D eigenvalue weighted by Crippen LogP contribution is 2.30. The summed E-state index contributed by atoms with van der Waals surface area (Å²) in [4.78, 5) is 18.9. The van der Waals surface area contributed by atoms with Gasteiger partial charge >= 0.3 is 0 Å². The molecule has 1 aliphatic rings. The number of ether oxygens (including phenoxy) is 1. The van der Waals surface area contributed by atoms with Gasteiger partial charge in [0.2, 0.25) is 0 Å². The van der Waals surface area contributed by atoms with Crippen molar-refractivity contribution in [2.75, 3.05) is 20.7 Å². The predicted molar refractivity (Wildman–Crippen MR) is 96.5 cm³/mol. The Morgan fingerprint density at radius 2 is 2.16 bits per heavy atom. The summed E-state index contributed by atoms with van der Waals surface area (Å²) in [6, 6.07) is 11.1. The molecule has 1 N–H and O–H groups in total. The molecule has 1 aromatic heterocycles. The first-order chi connectivity index (χ1) is 12.1. The van der Waals surface area contributed by atoms with E-state index < -0.39 is 0 Å². The SMILES string of the molecule is COc1ccc(C(=O)N(C)CC2CCCC2O)cc1-c1ccccn1. The van der Waals surface area contributed by atoms with Crippen LogP contribution in [-0.2, 0) is 0 Å². The number of hydrogen-bond donors (Lipinski definition) is 1. The molecule has 25 heavy (non-hydrogen) atoms. The van der Waals surface area contributed by atoms with Crippen LogP contribution in [0, 0.1) is 5.92 Å². The number of carbonyl (C=O) groups is 1. The molecule has 0 bridgehead atoms. The number of pyridine rings is 1. The second-order valence-electron chi connectivity index (χ2n) is 6.57. The third-order valence-corrected chi connectivity index (χ3v) is 4.86. The molecule has 2 aromatic rings. The van der Waals surface area contributed by atoms with E-state index in [0.29, 0.717) is 17.9 Å². The quantitative estimate of drug-likeness (QED) is 0.909. The highest BCUT2D eigenvalue weighted by atomic mass is 16.5. The van der Waals surface area contributed by atoms with Crippen molar-refractivity contribution in [1.82, 2.24) is 9.88 Å². The van der Waals surface area contributed by atoms with E-state index >= 15 is 0 Å². The van der Waals surface area contributed by atoms with Gasteiger partial charge in [0, 0.05) is 36.8 Å². The molecule has 1 fully saturated rings. The molecule has 5 nitrogen and oxygen atoms in total. The first-order valence-electron chi connectivity index (χ1n) is 8.63. The third-order valence-electron chi connectivity index (χ3n) is 4.86. The van der Waals surface area contributed by atoms with Crippen LogP contribution in [0.1, 0.15) is 29.6 Å². The normalized spacial score (nSPS) is 19.6. The average molecular weight is 340 g/mol. The number of nitrogens with zero attached hydrogens (tertiary/aromatic N) is 2. The summed E-state index contributed by atoms with van der Waals surface area (Å²) >= 11 is 0. The van der Waals surface area contributed by atoms with Crippen molar-refractivity contribution in [3.05, 3.63) is 48.2 Å². The number of carbonyl (C=O) groups excluding carboxylic acids is 1. The number of aliphatic hydroxyl groups is 1. The lowest BCUT2D eigenvalue weighted by Gasteiger charge is -2.23. The Bertz CT molecular complexity index is 733. The molecule has 3 rings (SSSR count). The lowest BCUT2D eigenvalue weighted by Crippen LogP contribution is -2.34. The van der Waals surface area contributed by atoms with Gasteiger partial charge < -0.3 is 14.7 Å². The van der Waals surface area contributed by atoms with Crippen molar-refractivity contribution < 1.29 is 14.6 Å². The molecule has 1 aromatic carbocycles. The highest BCUT2D eigenvalue weighted by Gasteiger charge is 2.28. The van der Waals surface area contributed by atoms with Crippen LogP contribution in [0.25, 0.3) is 11.3 Å². The van der Waals surface area contributed by atoms with Gasteiger partial charge in [0.25, 0.3) is 5.91 Å². The lowest BCUT2D eigenvalue weighted by molar-refractivity contribution is 0.0693. The van der Waals surface area contributed by atoms with E-state index in [9.17, 15) is 9.90 Å². The van der Waals surface area contributed by atoms with Crippen LogP contribution in [0.2, 0.25) is 0 Å². The molecule has 1 aliphatic carbocycles. The molecule has 0 aliphatic heterocycles. The van der Waals surface area contributed by atoms with Crippen LogP contribution < -0.4 is 4.74 Å². The van der Waals surface area contributed by atoms with Crippen molar-refractivity contribution in [2.45, 2.75) is 25.4 Å². The molecule has 2 atom stereocenters. The molecule has 1 heterocycles. The molecule has 0 radical (unpaired) electrons. The van der Waals surface area contributed by atoms with Crippen molar-refractivity contribution in [1.29, 1.82) is 0 Å². The summed E-state index contributed by atoms with van der Waals surface area (Å²) in [5, 5.41) is 9.99. The first kappa shape index (κ1) is 17.4. The second-order valence-corrected chi connectivity index (χ2v) is 6.57. The van der Waals surface area contributed by atoms with E-state index in [1.165, 1.54) is 0 Å². The van der Waals surface area contributed by atoms with E-state index in [0.717, 1.165) is 30.5 Å². The number of hydrogen-bond acceptors (Lipinski definition) is 4. The Morgan fingerprint density at radius 1 is 1.32 bits per heavy atom. The van der Waals surface area contributed by atoms with Crippen molar-refractivity contribution in [3.8, 4) is 17.0 Å². The number of rotatable bonds is 5. The van der Waals surface area contributed by atoms with E-state index in [1.54, 1.807) is 37.4 Å². The Hall–Kier alpha value is -2.40. The summed E-state index contributed by atoms with van der Waals surface area (Å²) < 4.78 is 5.42. The fraction of sp³-hybridized carbons (Fsp3) is 0.400. The monoisotopic (exact) mass is 340 g/mol. The number of benzene rings is 1. The summed E-state index contributed by atoms with van der Waals surface area (Å²) in [6.45, 7) is 0.574. The Balaban J connectivity index is 1.83. The average Bonchev–Trinajstić information content (AvgIpc) is 3.05. The van der Waals surface area contributed by atoms with Crippen LogP contribution in [-0.4, -0.2) is 47.7 Å². The van der Waals surface area contributed by atoms with E-state index in [-0.39, 0.29) is 17.9 Å². The van der Waals surface area contributed by atoms with E-state index in [2.05, 4.69) is 4.98 Å². The van der Waals surface area contributed by atoms with Crippen molar-refractivity contribution in [3.63, 3.8) is 0 Å². The molecular formula is C20H24N2O3. The van der Waals surface area contributed by atoms with Gasteiger partial charge in [-0.05, 0) is 43.2 Å². The second kappa shape index (κ2) is 7.66. The largest absolute Gasteiger partial charge is 0.496 e. The topological polar surface area (TPSA) is 62.7 Å². The summed E-state index contributed by atoms with van der Waals surface area (Å²) in [5.41, 5.74) is 2.16. The van der Waals surface area contributed by atoms with Crippen LogP contribution in [0.15, 0.2) is 42.6 Å². The number of aromatic nitrogens is 1. The maximum atomic E-state index is 12.8. The van der Waals surface area contributed by atoms with Gasteiger partial charge in [-0.1, -0.05) is 12.5 Å². The maximum Gasteiger partial charge on any atom is 0.253 e.